The second-order valence-corrected chi connectivity index (χ2v) is 10.4. The van der Waals surface area contributed by atoms with Crippen LogP contribution in [0, 0.1) is 11.8 Å². The Bertz CT molecular complexity index is 1180. The summed E-state index contributed by atoms with van der Waals surface area (Å²) in [4.78, 5) is 18.5. The van der Waals surface area contributed by atoms with Gasteiger partial charge in [0.05, 0.1) is 25.8 Å². The van der Waals surface area contributed by atoms with E-state index >= 15 is 0 Å². The molecule has 0 spiro atoms. The summed E-state index contributed by atoms with van der Waals surface area (Å²) in [5.41, 5.74) is 2.98. The van der Waals surface area contributed by atoms with Gasteiger partial charge in [0.25, 0.3) is 0 Å². The number of hydrogen-bond donors (Lipinski definition) is 2. The van der Waals surface area contributed by atoms with Gasteiger partial charge in [0.2, 0.25) is 0 Å². The Kier molecular flexibility index (Phi) is 9.96. The van der Waals surface area contributed by atoms with Crippen molar-refractivity contribution < 1.29 is 24.5 Å². The van der Waals surface area contributed by atoms with Gasteiger partial charge in [0.1, 0.15) is 11.5 Å². The van der Waals surface area contributed by atoms with E-state index in [2.05, 4.69) is 22.0 Å². The van der Waals surface area contributed by atoms with E-state index in [0.717, 1.165) is 79.7 Å². The van der Waals surface area contributed by atoms with Crippen molar-refractivity contribution in [1.82, 2.24) is 9.88 Å². The lowest BCUT2D eigenvalue weighted by Gasteiger charge is -2.38. The van der Waals surface area contributed by atoms with Crippen molar-refractivity contribution in [3.63, 3.8) is 0 Å². The van der Waals surface area contributed by atoms with Gasteiger partial charge in [0, 0.05) is 24.5 Å². The van der Waals surface area contributed by atoms with Crippen molar-refractivity contribution in [3.8, 4) is 11.5 Å². The molecule has 0 unspecified atom stereocenters. The molecule has 1 aliphatic heterocycles. The molecule has 0 radical (unpaired) electrons. The van der Waals surface area contributed by atoms with E-state index in [4.69, 9.17) is 9.47 Å². The predicted molar refractivity (Wildman–Crippen MR) is 149 cm³/mol. The molecule has 1 fully saturated rings. The number of carboxylic acid groups (broad SMARTS) is 1. The van der Waals surface area contributed by atoms with Crippen LogP contribution in [0.25, 0.3) is 10.9 Å². The predicted octanol–water partition coefficient (Wildman–Crippen LogP) is 5.50. The van der Waals surface area contributed by atoms with Crippen LogP contribution in [0.5, 0.6) is 11.5 Å². The molecular formula is C31H40N2O5. The molecule has 7 nitrogen and oxygen atoms in total. The summed E-state index contributed by atoms with van der Waals surface area (Å²) in [6, 6.07) is 15.8. The van der Waals surface area contributed by atoms with Crippen LogP contribution in [0.15, 0.2) is 54.7 Å². The van der Waals surface area contributed by atoms with Gasteiger partial charge >= 0.3 is 5.97 Å². The van der Waals surface area contributed by atoms with Crippen molar-refractivity contribution >= 4 is 16.9 Å². The lowest BCUT2D eigenvalue weighted by Crippen LogP contribution is -2.41. The third-order valence-corrected chi connectivity index (χ3v) is 7.91. The fraction of sp³-hybridized carbons (Fsp3) is 0.484. The minimum atomic E-state index is -0.742. The number of carbonyl (C=O) groups is 1. The van der Waals surface area contributed by atoms with Crippen LogP contribution in [-0.2, 0) is 11.2 Å². The van der Waals surface area contributed by atoms with E-state index in [-0.39, 0.29) is 12.3 Å². The quantitative estimate of drug-likeness (QED) is 0.288. The van der Waals surface area contributed by atoms with Crippen molar-refractivity contribution in [2.24, 2.45) is 11.8 Å². The van der Waals surface area contributed by atoms with E-state index in [0.29, 0.717) is 12.3 Å². The zero-order valence-corrected chi connectivity index (χ0v) is 22.5. The molecule has 1 aromatic heterocycles. The van der Waals surface area contributed by atoms with E-state index in [1.54, 1.807) is 20.4 Å². The number of aliphatic hydroxyl groups excluding tert-OH is 1. The van der Waals surface area contributed by atoms with Crippen molar-refractivity contribution in [2.45, 2.75) is 51.0 Å². The Morgan fingerprint density at radius 2 is 1.82 bits per heavy atom. The molecule has 0 saturated carbocycles. The van der Waals surface area contributed by atoms with E-state index in [1.807, 2.05) is 36.4 Å². The topological polar surface area (TPSA) is 92.1 Å². The van der Waals surface area contributed by atoms with Crippen LogP contribution in [0.2, 0.25) is 0 Å². The summed E-state index contributed by atoms with van der Waals surface area (Å²) in [5, 5.41) is 21.6. The Labute approximate surface area is 225 Å². The summed E-state index contributed by atoms with van der Waals surface area (Å²) in [7, 11) is 3.31. The third kappa shape index (κ3) is 7.45. The van der Waals surface area contributed by atoms with Gasteiger partial charge in [-0.1, -0.05) is 12.1 Å². The van der Waals surface area contributed by atoms with Crippen molar-refractivity contribution in [2.75, 3.05) is 33.9 Å². The number of nitrogens with zero attached hydrogens (tertiary/aromatic N) is 2. The average Bonchev–Trinajstić information content (AvgIpc) is 2.94. The third-order valence-electron chi connectivity index (χ3n) is 7.91. The highest BCUT2D eigenvalue weighted by Gasteiger charge is 2.31. The van der Waals surface area contributed by atoms with Crippen LogP contribution in [0.4, 0.5) is 0 Å². The molecule has 4 rings (SSSR count). The monoisotopic (exact) mass is 520 g/mol. The maximum absolute atomic E-state index is 11.7. The van der Waals surface area contributed by atoms with Gasteiger partial charge < -0.3 is 24.6 Å². The number of carboxylic acids is 1. The van der Waals surface area contributed by atoms with Gasteiger partial charge in [-0.2, -0.15) is 0 Å². The highest BCUT2D eigenvalue weighted by atomic mass is 16.5. The van der Waals surface area contributed by atoms with Crippen LogP contribution in [-0.4, -0.2) is 59.9 Å². The number of likely N-dealkylation sites (tertiary alicyclic amines) is 1. The number of aliphatic hydroxyl groups is 1. The number of ether oxygens (including phenoxy) is 2. The first-order valence-electron chi connectivity index (χ1n) is 13.6. The largest absolute Gasteiger partial charge is 0.497 e. The number of hydrogen-bond acceptors (Lipinski definition) is 6. The van der Waals surface area contributed by atoms with Gasteiger partial charge in [-0.05, 0) is 111 Å². The minimum Gasteiger partial charge on any atom is -0.497 e. The standard InChI is InChI=1S/C31H40N2O5/c1-37-25-9-6-22(7-10-25)5-3-4-17-33-18-15-23(24(21-33)19-31(35)36)8-13-30(34)27-14-16-32-29-12-11-26(38-2)20-28(27)29/h6-7,9-12,14,16,20,23-24,30,34H,3-5,8,13,15,17-19,21H2,1-2H3,(H,35,36)/t23-,24+,30+/m1/s1. The molecule has 2 heterocycles. The molecule has 2 aromatic carbocycles. The summed E-state index contributed by atoms with van der Waals surface area (Å²) in [6.45, 7) is 2.78. The number of aromatic nitrogens is 1. The molecule has 0 amide bonds. The fourth-order valence-corrected chi connectivity index (χ4v) is 5.74. The molecule has 204 valence electrons. The number of methoxy groups -OCH3 is 2. The van der Waals surface area contributed by atoms with Crippen LogP contribution in [0.1, 0.15) is 55.8 Å². The number of aliphatic carboxylic acids is 1. The number of pyridine rings is 1. The van der Waals surface area contributed by atoms with Crippen LogP contribution < -0.4 is 9.47 Å². The highest BCUT2D eigenvalue weighted by molar-refractivity contribution is 5.83. The SMILES string of the molecule is COc1ccc(CCCCN2CC[C@@H](CC[C@H](O)c3ccnc4ccc(OC)cc34)[C@@H](CC(=O)O)C2)cc1. The normalized spacial score (nSPS) is 18.8. The van der Waals surface area contributed by atoms with Gasteiger partial charge in [0.15, 0.2) is 0 Å². The minimum absolute atomic E-state index is 0.101. The first-order chi connectivity index (χ1) is 18.5. The molecular weight excluding hydrogens is 480 g/mol. The summed E-state index contributed by atoms with van der Waals surface area (Å²) in [6.07, 6.45) is 6.87. The molecule has 2 N–H and O–H groups in total. The van der Waals surface area contributed by atoms with Crippen molar-refractivity contribution in [1.29, 1.82) is 0 Å². The fourth-order valence-electron chi connectivity index (χ4n) is 5.74. The zero-order valence-electron chi connectivity index (χ0n) is 22.5. The number of rotatable bonds is 13. The van der Waals surface area contributed by atoms with Crippen LogP contribution >= 0.6 is 0 Å². The lowest BCUT2D eigenvalue weighted by atomic mass is 9.79. The Hall–Kier alpha value is -3.16. The first kappa shape index (κ1) is 27.9. The average molecular weight is 521 g/mol. The van der Waals surface area contributed by atoms with E-state index < -0.39 is 12.1 Å². The summed E-state index contributed by atoms with van der Waals surface area (Å²) in [5.74, 6) is 1.26. The molecule has 3 aromatic rings. The second-order valence-electron chi connectivity index (χ2n) is 10.4. The van der Waals surface area contributed by atoms with Gasteiger partial charge in [-0.15, -0.1) is 0 Å². The second kappa shape index (κ2) is 13.6. The maximum atomic E-state index is 11.7. The molecule has 0 aliphatic carbocycles. The molecule has 1 saturated heterocycles. The van der Waals surface area contributed by atoms with Crippen LogP contribution in [0.3, 0.4) is 0 Å². The van der Waals surface area contributed by atoms with Gasteiger partial charge in [-0.3, -0.25) is 9.78 Å². The number of unbranched alkanes of at least 4 members (excludes halogenated alkanes) is 1. The Balaban J connectivity index is 1.29. The summed E-state index contributed by atoms with van der Waals surface area (Å²) >= 11 is 0. The van der Waals surface area contributed by atoms with E-state index in [9.17, 15) is 15.0 Å². The smallest absolute Gasteiger partial charge is 0.303 e. The number of fused-ring (bicyclic) bond motifs is 1. The van der Waals surface area contributed by atoms with E-state index in [1.165, 1.54) is 5.56 Å². The Morgan fingerprint density at radius 3 is 2.55 bits per heavy atom. The van der Waals surface area contributed by atoms with Crippen molar-refractivity contribution in [3.05, 3.63) is 65.9 Å². The first-order valence-corrected chi connectivity index (χ1v) is 13.6. The summed E-state index contributed by atoms with van der Waals surface area (Å²) < 4.78 is 10.6. The van der Waals surface area contributed by atoms with Gasteiger partial charge in [-0.25, -0.2) is 0 Å². The lowest BCUT2D eigenvalue weighted by molar-refractivity contribution is -0.139. The zero-order chi connectivity index (χ0) is 26.9. The molecule has 38 heavy (non-hydrogen) atoms. The maximum Gasteiger partial charge on any atom is 0.303 e. The highest BCUT2D eigenvalue weighted by Crippen LogP contribution is 2.35. The molecule has 7 heteroatoms. The number of aryl methyl sites for hydroxylation is 1. The number of piperidine rings is 1. The Morgan fingerprint density at radius 1 is 1.05 bits per heavy atom. The molecule has 3 atom stereocenters. The molecule has 0 bridgehead atoms. The molecule has 1 aliphatic rings. The number of benzene rings is 2.